The highest BCUT2D eigenvalue weighted by atomic mass is 16.5. The fourth-order valence-corrected chi connectivity index (χ4v) is 4.33. The van der Waals surface area contributed by atoms with E-state index in [1.807, 2.05) is 18.2 Å². The van der Waals surface area contributed by atoms with Crippen molar-refractivity contribution in [3.05, 3.63) is 41.3 Å². The van der Waals surface area contributed by atoms with E-state index < -0.39 is 5.97 Å². The molecule has 4 rings (SSSR count). The third-order valence-electron chi connectivity index (χ3n) is 5.71. The number of carbonyl (C=O) groups is 2. The molecule has 1 unspecified atom stereocenters. The number of nitrogens with zero attached hydrogens (tertiary/aromatic N) is 1. The lowest BCUT2D eigenvalue weighted by Gasteiger charge is -2.44. The first-order valence-electron chi connectivity index (χ1n) is 9.74. The summed E-state index contributed by atoms with van der Waals surface area (Å²) < 4.78 is 16.8. The zero-order chi connectivity index (χ0) is 20.0. The highest BCUT2D eigenvalue weighted by Gasteiger charge is 2.43. The monoisotopic (exact) mass is 383 g/mol. The van der Waals surface area contributed by atoms with Crippen molar-refractivity contribution in [1.82, 2.24) is 4.90 Å². The maximum absolute atomic E-state index is 12.7. The number of para-hydroxylation sites is 1. The Morgan fingerprint density at radius 1 is 1.32 bits per heavy atom. The second-order valence-electron chi connectivity index (χ2n) is 7.65. The number of hydrogen-bond donors (Lipinski definition) is 0. The maximum atomic E-state index is 12.7. The van der Waals surface area contributed by atoms with Gasteiger partial charge in [0.2, 0.25) is 0 Å². The van der Waals surface area contributed by atoms with Crippen LogP contribution in [0.2, 0.25) is 0 Å². The molecule has 1 aromatic carbocycles. The molecule has 6 nitrogen and oxygen atoms in total. The van der Waals surface area contributed by atoms with Crippen LogP contribution in [0.3, 0.4) is 0 Å². The predicted octanol–water partition coefficient (Wildman–Crippen LogP) is 3.79. The van der Waals surface area contributed by atoms with E-state index in [-0.39, 0.29) is 36.5 Å². The molecule has 2 aromatic rings. The van der Waals surface area contributed by atoms with Crippen LogP contribution in [0.4, 0.5) is 0 Å². The Kier molecular flexibility index (Phi) is 4.65. The van der Waals surface area contributed by atoms with Gasteiger partial charge in [-0.1, -0.05) is 26.0 Å². The number of ketones is 1. The smallest absolute Gasteiger partial charge is 0.343 e. The zero-order valence-corrected chi connectivity index (χ0v) is 16.7. The van der Waals surface area contributed by atoms with Crippen molar-refractivity contribution >= 4 is 22.7 Å². The Morgan fingerprint density at radius 2 is 2.11 bits per heavy atom. The Bertz CT molecular complexity index is 971. The van der Waals surface area contributed by atoms with Crippen molar-refractivity contribution in [2.45, 2.75) is 45.7 Å². The van der Waals surface area contributed by atoms with E-state index in [1.165, 1.54) is 0 Å². The van der Waals surface area contributed by atoms with Gasteiger partial charge >= 0.3 is 5.97 Å². The number of Topliss-reactive ketones (excluding diaryl/α,β-unsaturated/α-hetero) is 1. The number of carbonyl (C=O) groups excluding carboxylic acids is 2. The molecule has 0 amide bonds. The van der Waals surface area contributed by atoms with E-state index >= 15 is 0 Å². The summed E-state index contributed by atoms with van der Waals surface area (Å²) in [7, 11) is 1.62. The van der Waals surface area contributed by atoms with Crippen LogP contribution in [0.15, 0.2) is 34.4 Å². The summed E-state index contributed by atoms with van der Waals surface area (Å²) in [5, 5.41) is 1.03. The maximum Gasteiger partial charge on any atom is 0.343 e. The Labute approximate surface area is 164 Å². The lowest BCUT2D eigenvalue weighted by molar-refractivity contribution is -0.140. The minimum absolute atomic E-state index is 0.126. The van der Waals surface area contributed by atoms with Gasteiger partial charge in [-0.3, -0.25) is 4.79 Å². The van der Waals surface area contributed by atoms with Gasteiger partial charge in [0.1, 0.15) is 11.3 Å². The van der Waals surface area contributed by atoms with Gasteiger partial charge in [-0.25, -0.2) is 4.79 Å². The molecule has 3 heterocycles. The average Bonchev–Trinajstić information content (AvgIpc) is 3.05. The topological polar surface area (TPSA) is 69.0 Å². The summed E-state index contributed by atoms with van der Waals surface area (Å²) in [6.45, 7) is 6.29. The Hall–Kier alpha value is -2.76. The lowest BCUT2D eigenvalue weighted by Crippen LogP contribution is -2.46. The highest BCUT2D eigenvalue weighted by Crippen LogP contribution is 2.46. The standard InChI is InChI=1S/C22H25NO5/c1-5-27-22(25)15-11-23-16(12(2)3)9-14-13-7-6-8-19(26-4)21(13)28-20(14)17(23)10-18(15)24/h6-8,11-12,16-17H,5,9-10H2,1-4H3/t16-,17?/m0/s1. The van der Waals surface area contributed by atoms with Crippen LogP contribution in [-0.2, 0) is 20.7 Å². The molecule has 0 saturated heterocycles. The van der Waals surface area contributed by atoms with Crippen molar-refractivity contribution in [1.29, 1.82) is 0 Å². The molecule has 2 aliphatic rings. The molecule has 2 atom stereocenters. The number of fused-ring (bicyclic) bond motifs is 5. The quantitative estimate of drug-likeness (QED) is 0.591. The first-order chi connectivity index (χ1) is 13.5. The number of furan rings is 1. The van der Waals surface area contributed by atoms with Crippen LogP contribution >= 0.6 is 0 Å². The summed E-state index contributed by atoms with van der Waals surface area (Å²) in [5.41, 5.74) is 1.97. The van der Waals surface area contributed by atoms with E-state index in [0.717, 1.165) is 23.1 Å². The van der Waals surface area contributed by atoms with E-state index in [0.29, 0.717) is 17.3 Å². The SMILES string of the molecule is CCOC(=O)C1=CN2C(CC1=O)c1oc3c(OC)cccc3c1C[C@H]2C(C)C. The summed E-state index contributed by atoms with van der Waals surface area (Å²) in [5.74, 6) is 1.06. The second kappa shape index (κ2) is 7.00. The van der Waals surface area contributed by atoms with Gasteiger partial charge in [-0.15, -0.1) is 0 Å². The van der Waals surface area contributed by atoms with Crippen molar-refractivity contribution < 1.29 is 23.5 Å². The van der Waals surface area contributed by atoms with E-state index in [4.69, 9.17) is 13.9 Å². The highest BCUT2D eigenvalue weighted by molar-refractivity contribution is 6.17. The molecule has 2 aliphatic heterocycles. The van der Waals surface area contributed by atoms with Crippen LogP contribution in [-0.4, -0.2) is 36.4 Å². The molecule has 0 radical (unpaired) electrons. The Balaban J connectivity index is 1.86. The minimum atomic E-state index is -0.550. The molecule has 0 fully saturated rings. The summed E-state index contributed by atoms with van der Waals surface area (Å²) in [6.07, 6.45) is 2.67. The molecule has 1 aromatic heterocycles. The number of hydrogen-bond acceptors (Lipinski definition) is 6. The van der Waals surface area contributed by atoms with Gasteiger partial charge in [-0.05, 0) is 25.3 Å². The Morgan fingerprint density at radius 3 is 2.79 bits per heavy atom. The molecular formula is C22H25NO5. The fourth-order valence-electron chi connectivity index (χ4n) is 4.33. The second-order valence-corrected chi connectivity index (χ2v) is 7.65. The first-order valence-corrected chi connectivity index (χ1v) is 9.74. The largest absolute Gasteiger partial charge is 0.493 e. The van der Waals surface area contributed by atoms with E-state index in [9.17, 15) is 9.59 Å². The molecular weight excluding hydrogens is 358 g/mol. The van der Waals surface area contributed by atoms with Gasteiger partial charge in [0.25, 0.3) is 0 Å². The van der Waals surface area contributed by atoms with Crippen molar-refractivity contribution in [3.8, 4) is 5.75 Å². The number of methoxy groups -OCH3 is 1. The summed E-state index contributed by atoms with van der Waals surface area (Å²) in [6, 6.07) is 5.80. The molecule has 0 spiro atoms. The van der Waals surface area contributed by atoms with Crippen LogP contribution in [0, 0.1) is 5.92 Å². The van der Waals surface area contributed by atoms with Crippen LogP contribution in [0.1, 0.15) is 44.6 Å². The van der Waals surface area contributed by atoms with Gasteiger partial charge in [0.15, 0.2) is 17.1 Å². The third kappa shape index (κ3) is 2.79. The van der Waals surface area contributed by atoms with Crippen molar-refractivity contribution in [2.24, 2.45) is 5.92 Å². The van der Waals surface area contributed by atoms with Crippen molar-refractivity contribution in [2.75, 3.05) is 13.7 Å². The van der Waals surface area contributed by atoms with Crippen LogP contribution in [0.5, 0.6) is 5.75 Å². The minimum Gasteiger partial charge on any atom is -0.493 e. The average molecular weight is 383 g/mol. The number of benzene rings is 1. The number of rotatable bonds is 4. The zero-order valence-electron chi connectivity index (χ0n) is 16.7. The molecule has 6 heteroatoms. The van der Waals surface area contributed by atoms with Crippen molar-refractivity contribution in [3.63, 3.8) is 0 Å². The third-order valence-corrected chi connectivity index (χ3v) is 5.71. The summed E-state index contributed by atoms with van der Waals surface area (Å²) in [4.78, 5) is 27.1. The van der Waals surface area contributed by atoms with Gasteiger partial charge in [0.05, 0.1) is 19.8 Å². The summed E-state index contributed by atoms with van der Waals surface area (Å²) >= 11 is 0. The van der Waals surface area contributed by atoms with Gasteiger partial charge in [-0.2, -0.15) is 0 Å². The van der Waals surface area contributed by atoms with Crippen LogP contribution < -0.4 is 4.74 Å². The fraction of sp³-hybridized carbons (Fsp3) is 0.455. The molecule has 28 heavy (non-hydrogen) atoms. The molecule has 0 bridgehead atoms. The van der Waals surface area contributed by atoms with Gasteiger partial charge < -0.3 is 18.8 Å². The molecule has 0 N–H and O–H groups in total. The molecule has 0 aliphatic carbocycles. The first kappa shape index (κ1) is 18.6. The number of ether oxygens (including phenoxy) is 2. The number of esters is 1. The van der Waals surface area contributed by atoms with Crippen LogP contribution in [0.25, 0.3) is 11.0 Å². The predicted molar refractivity (Wildman–Crippen MR) is 104 cm³/mol. The lowest BCUT2D eigenvalue weighted by atomic mass is 9.83. The normalized spacial score (nSPS) is 21.4. The van der Waals surface area contributed by atoms with E-state index in [2.05, 4.69) is 18.7 Å². The van der Waals surface area contributed by atoms with Gasteiger partial charge in [0, 0.05) is 29.6 Å². The molecule has 148 valence electrons. The van der Waals surface area contributed by atoms with E-state index in [1.54, 1.807) is 20.2 Å². The molecule has 0 saturated carbocycles.